The van der Waals surface area contributed by atoms with Gasteiger partial charge in [-0.15, -0.1) is 23.1 Å². The van der Waals surface area contributed by atoms with E-state index in [-0.39, 0.29) is 58.0 Å². The van der Waals surface area contributed by atoms with Crippen molar-refractivity contribution in [2.75, 3.05) is 12.4 Å². The minimum atomic E-state index is -4.94. The van der Waals surface area contributed by atoms with Crippen LogP contribution in [0.1, 0.15) is 17.9 Å². The van der Waals surface area contributed by atoms with Crippen molar-refractivity contribution in [3.63, 3.8) is 0 Å². The van der Waals surface area contributed by atoms with Crippen LogP contribution in [0.5, 0.6) is 0 Å². The standard InChI is InChI=1S/C15H16N4O9S3.Na/c1-5(20)28-2-6-3-29-13-8(12(22)19(13)9(6)14(23)24)18-11(21)10(31(25,26)27)7-4-30-15(16)17-7;/h4,8,10,13H,2-3H2,1H3,(H2,16,17)(H,18,21)(H,23,24)(H,25,26,27);/q;+1/p-1/t8?,10?,13-;/m1./s1. The van der Waals surface area contributed by atoms with Gasteiger partial charge in [0.15, 0.2) is 4.80 Å². The summed E-state index contributed by atoms with van der Waals surface area (Å²) in [6, 6.07) is -1.26. The van der Waals surface area contributed by atoms with Crippen molar-refractivity contribution >= 4 is 57.0 Å². The molecule has 3 atom stereocenters. The second kappa shape index (κ2) is 10.1. The molecule has 0 aliphatic carbocycles. The van der Waals surface area contributed by atoms with Gasteiger partial charge in [-0.3, -0.25) is 29.2 Å². The molecular weight excluding hydrogens is 499 g/mol. The van der Waals surface area contributed by atoms with E-state index >= 15 is 0 Å². The third kappa shape index (κ3) is 5.27. The number of fused-ring (bicyclic) bond motifs is 1. The number of β-lactam (4-membered cyclic amide) rings is 1. The van der Waals surface area contributed by atoms with Crippen molar-refractivity contribution in [2.24, 2.45) is 0 Å². The minimum absolute atomic E-state index is 0. The van der Waals surface area contributed by atoms with E-state index in [0.29, 0.717) is 0 Å². The molecule has 2 aliphatic rings. The van der Waals surface area contributed by atoms with Crippen LogP contribution in [0.3, 0.4) is 0 Å². The molecule has 0 bridgehead atoms. The summed E-state index contributed by atoms with van der Waals surface area (Å²) >= 11 is 1.87. The number of carbonyl (C=O) groups excluding carboxylic acids is 4. The van der Waals surface area contributed by atoms with Gasteiger partial charge < -0.3 is 24.9 Å². The molecule has 0 aromatic carbocycles. The van der Waals surface area contributed by atoms with Crippen LogP contribution >= 0.6 is 23.1 Å². The number of hydrogen-bond donors (Lipinski definition) is 4. The normalized spacial score (nSPS) is 21.1. The molecule has 168 valence electrons. The van der Waals surface area contributed by atoms with Crippen LogP contribution in [-0.2, 0) is 34.0 Å². The topological polar surface area (TPSA) is 210 Å². The summed E-state index contributed by atoms with van der Waals surface area (Å²) in [5, 5.41) is 19.4. The van der Waals surface area contributed by atoms with Gasteiger partial charge in [-0.25, -0.2) is 0 Å². The Kier molecular flexibility index (Phi) is 8.35. The SMILES string of the molecule is CC(=O)OCC1=C(C(=O)[O-])N2C(=O)C(NC(=O)C(c3csc(=N)[nH]3)S(=O)(=O)O)[C@H]2SC1.[Na+]. The second-order valence-corrected chi connectivity index (χ2v) is 9.94. The first-order chi connectivity index (χ1) is 14.4. The number of carboxylic acid groups (broad SMARTS) is 1. The molecule has 2 amide bonds. The summed E-state index contributed by atoms with van der Waals surface area (Å²) in [7, 11) is -4.94. The fourth-order valence-electron chi connectivity index (χ4n) is 3.08. The average molecular weight is 514 g/mol. The number of carboxylic acids is 1. The Morgan fingerprint density at radius 2 is 2.12 bits per heavy atom. The predicted octanol–water partition coefficient (Wildman–Crippen LogP) is -5.54. The molecule has 3 rings (SSSR count). The summed E-state index contributed by atoms with van der Waals surface area (Å²) in [6.45, 7) is 0.784. The molecule has 0 saturated carbocycles. The van der Waals surface area contributed by atoms with Crippen molar-refractivity contribution in [1.82, 2.24) is 15.2 Å². The summed E-state index contributed by atoms with van der Waals surface area (Å²) in [5.41, 5.74) is -0.591. The molecule has 1 aromatic heterocycles. The van der Waals surface area contributed by atoms with E-state index in [0.717, 1.165) is 34.9 Å². The van der Waals surface area contributed by atoms with Gasteiger partial charge in [0, 0.05) is 23.6 Å². The van der Waals surface area contributed by atoms with E-state index in [9.17, 15) is 37.3 Å². The van der Waals surface area contributed by atoms with E-state index < -0.39 is 56.2 Å². The molecule has 0 radical (unpaired) electrons. The van der Waals surface area contributed by atoms with Gasteiger partial charge >= 0.3 is 35.5 Å². The monoisotopic (exact) mass is 514 g/mol. The number of H-pyrrole nitrogens is 1. The first-order valence-corrected chi connectivity index (χ1v) is 11.9. The average Bonchev–Trinajstić information content (AvgIpc) is 3.07. The number of nitrogens with one attached hydrogen (secondary N) is 3. The molecule has 1 aromatic rings. The maximum atomic E-state index is 12.6. The third-order valence-electron chi connectivity index (χ3n) is 4.37. The van der Waals surface area contributed by atoms with E-state index in [2.05, 4.69) is 10.3 Å². The van der Waals surface area contributed by atoms with Crippen LogP contribution in [0.25, 0.3) is 0 Å². The number of thiazole rings is 1. The van der Waals surface area contributed by atoms with E-state index in [1.807, 2.05) is 0 Å². The van der Waals surface area contributed by atoms with Crippen LogP contribution < -0.4 is 44.8 Å². The number of aliphatic carboxylic acids is 1. The number of hydrogen-bond acceptors (Lipinski definition) is 11. The maximum absolute atomic E-state index is 12.6. The largest absolute Gasteiger partial charge is 1.00 e. The number of amides is 2. The minimum Gasteiger partial charge on any atom is -0.543 e. The quantitative estimate of drug-likeness (QED) is 0.117. The molecule has 2 aliphatic heterocycles. The number of thioether (sulfide) groups is 1. The second-order valence-electron chi connectivity index (χ2n) is 6.46. The number of aromatic nitrogens is 1. The van der Waals surface area contributed by atoms with Crippen molar-refractivity contribution in [3.8, 4) is 0 Å². The molecule has 1 saturated heterocycles. The van der Waals surface area contributed by atoms with Crippen molar-refractivity contribution < 1.29 is 71.5 Å². The Labute approximate surface area is 211 Å². The first-order valence-electron chi connectivity index (χ1n) is 8.42. The van der Waals surface area contributed by atoms with E-state index in [1.54, 1.807) is 0 Å². The van der Waals surface area contributed by atoms with Crippen LogP contribution in [0.4, 0.5) is 0 Å². The van der Waals surface area contributed by atoms with Gasteiger partial charge in [0.1, 0.15) is 18.0 Å². The molecule has 17 heteroatoms. The Hall–Kier alpha value is -1.69. The molecule has 4 N–H and O–H groups in total. The van der Waals surface area contributed by atoms with Crippen LogP contribution in [-0.4, -0.2) is 70.4 Å². The van der Waals surface area contributed by atoms with Gasteiger partial charge in [-0.05, 0) is 0 Å². The Bertz CT molecular complexity index is 1160. The van der Waals surface area contributed by atoms with Crippen LogP contribution in [0, 0.1) is 5.41 Å². The first kappa shape index (κ1) is 26.6. The molecule has 1 fully saturated rings. The van der Waals surface area contributed by atoms with Crippen molar-refractivity contribution in [3.05, 3.63) is 27.1 Å². The third-order valence-corrected chi connectivity index (χ3v) is 7.48. The van der Waals surface area contributed by atoms with Gasteiger partial charge in [-0.1, -0.05) is 0 Å². The Morgan fingerprint density at radius 1 is 1.47 bits per heavy atom. The summed E-state index contributed by atoms with van der Waals surface area (Å²) in [6.07, 6.45) is 0. The fourth-order valence-corrected chi connectivity index (χ4v) is 5.89. The fraction of sp³-hybridized carbons (Fsp3) is 0.400. The number of carbonyl (C=O) groups is 4. The van der Waals surface area contributed by atoms with Gasteiger partial charge in [0.25, 0.3) is 16.0 Å². The smallest absolute Gasteiger partial charge is 0.543 e. The van der Waals surface area contributed by atoms with E-state index in [4.69, 9.17) is 10.1 Å². The zero-order valence-electron chi connectivity index (χ0n) is 16.6. The summed E-state index contributed by atoms with van der Waals surface area (Å²) < 4.78 is 37.7. The Balaban J connectivity index is 0.00000363. The predicted molar refractivity (Wildman–Crippen MR) is 103 cm³/mol. The Morgan fingerprint density at radius 3 is 2.62 bits per heavy atom. The van der Waals surface area contributed by atoms with Gasteiger partial charge in [0.2, 0.25) is 11.2 Å². The van der Waals surface area contributed by atoms with Crippen molar-refractivity contribution in [2.45, 2.75) is 23.6 Å². The number of rotatable bonds is 7. The van der Waals surface area contributed by atoms with Crippen LogP contribution in [0.15, 0.2) is 16.7 Å². The molecule has 32 heavy (non-hydrogen) atoms. The zero-order chi connectivity index (χ0) is 23.1. The molecule has 13 nitrogen and oxygen atoms in total. The molecule has 0 spiro atoms. The molecule has 2 unspecified atom stereocenters. The van der Waals surface area contributed by atoms with Crippen molar-refractivity contribution in [1.29, 1.82) is 5.41 Å². The van der Waals surface area contributed by atoms with E-state index in [1.165, 1.54) is 5.38 Å². The maximum Gasteiger partial charge on any atom is 1.00 e. The number of nitrogens with zero attached hydrogens (tertiary/aromatic N) is 1. The molecular formula is C15H15N4NaO9S3. The summed E-state index contributed by atoms with van der Waals surface area (Å²) in [5.74, 6) is -4.32. The molecule has 3 heterocycles. The number of aromatic amines is 1. The van der Waals surface area contributed by atoms with Crippen LogP contribution in [0.2, 0.25) is 0 Å². The van der Waals surface area contributed by atoms with Gasteiger partial charge in [-0.2, -0.15) is 8.42 Å². The number of esters is 1. The number of ether oxygens (including phenoxy) is 1. The summed E-state index contributed by atoms with van der Waals surface area (Å²) in [4.78, 5) is 50.8. The zero-order valence-corrected chi connectivity index (χ0v) is 21.1. The van der Waals surface area contributed by atoms with Gasteiger partial charge in [0.05, 0.1) is 17.4 Å².